The smallest absolute Gasteiger partial charge is 0.407 e. The zero-order valence-corrected chi connectivity index (χ0v) is 16.4. The molecule has 1 amide bonds. The zero-order chi connectivity index (χ0) is 19.6. The number of H-pyrrole nitrogens is 1. The summed E-state index contributed by atoms with van der Waals surface area (Å²) in [4.78, 5) is 17.0. The third-order valence-corrected chi connectivity index (χ3v) is 6.22. The normalized spacial score (nSPS) is 29.7. The maximum absolute atomic E-state index is 12.3. The molecule has 2 atom stereocenters. The molecule has 3 N–H and O–H groups in total. The van der Waals surface area contributed by atoms with Crippen LogP contribution in [0.25, 0.3) is 0 Å². The summed E-state index contributed by atoms with van der Waals surface area (Å²) in [7, 11) is 0. The fraction of sp³-hybridized carbons (Fsp3) is 0.571. The molecule has 8 nitrogen and oxygen atoms in total. The fourth-order valence-corrected chi connectivity index (χ4v) is 4.63. The van der Waals surface area contributed by atoms with Gasteiger partial charge in [0.2, 0.25) is 0 Å². The van der Waals surface area contributed by atoms with Crippen LogP contribution in [-0.2, 0) is 16.1 Å². The third kappa shape index (κ3) is 4.37. The van der Waals surface area contributed by atoms with Crippen molar-refractivity contribution in [2.24, 2.45) is 0 Å². The Morgan fingerprint density at radius 2 is 1.86 bits per heavy atom. The molecule has 2 aliphatic carbocycles. The second-order valence-corrected chi connectivity index (χ2v) is 8.31. The van der Waals surface area contributed by atoms with Crippen LogP contribution in [0.4, 0.5) is 16.4 Å². The molecule has 0 unspecified atom stereocenters. The van der Waals surface area contributed by atoms with Gasteiger partial charge in [0.25, 0.3) is 0 Å². The Hall–Kier alpha value is -2.61. The molecule has 0 radical (unpaired) electrons. The Bertz CT molecular complexity index is 862. The molecular formula is C21H27N5O3. The monoisotopic (exact) mass is 397 g/mol. The number of aromatic amines is 1. The Labute approximate surface area is 169 Å². The van der Waals surface area contributed by atoms with Gasteiger partial charge in [0, 0.05) is 23.7 Å². The maximum atomic E-state index is 12.3. The van der Waals surface area contributed by atoms with E-state index in [-0.39, 0.29) is 24.3 Å². The topological polar surface area (TPSA) is 101 Å². The molecule has 8 bridgehead atoms. The minimum Gasteiger partial charge on any atom is -0.446 e. The number of nitrogens with one attached hydrogen (secondary N) is 3. The van der Waals surface area contributed by atoms with E-state index in [0.717, 1.165) is 68.0 Å². The van der Waals surface area contributed by atoms with E-state index in [9.17, 15) is 4.79 Å². The number of rotatable bonds is 0. The number of nitrogens with zero attached hydrogens (tertiary/aromatic N) is 2. The van der Waals surface area contributed by atoms with Gasteiger partial charge in [0.1, 0.15) is 11.9 Å². The number of aromatic nitrogens is 3. The highest BCUT2D eigenvalue weighted by Crippen LogP contribution is 2.36. The number of fused-ring (bicyclic) bond motifs is 5. The summed E-state index contributed by atoms with van der Waals surface area (Å²) in [6.07, 6.45) is 6.26. The number of pyridine rings is 1. The highest BCUT2D eigenvalue weighted by Gasteiger charge is 2.31. The largest absolute Gasteiger partial charge is 0.446 e. The van der Waals surface area contributed by atoms with Crippen molar-refractivity contribution in [3.05, 3.63) is 35.7 Å². The number of carbonyl (C=O) groups excluding carboxylic acids is 1. The van der Waals surface area contributed by atoms with Crippen LogP contribution in [0.5, 0.6) is 0 Å². The summed E-state index contributed by atoms with van der Waals surface area (Å²) in [6.45, 7) is 0.482. The summed E-state index contributed by atoms with van der Waals surface area (Å²) in [6, 6.07) is 8.08. The predicted octanol–water partition coefficient (Wildman–Crippen LogP) is 3.75. The summed E-state index contributed by atoms with van der Waals surface area (Å²) >= 11 is 0. The van der Waals surface area contributed by atoms with Gasteiger partial charge < -0.3 is 20.1 Å². The second-order valence-electron chi connectivity index (χ2n) is 8.31. The van der Waals surface area contributed by atoms with Crippen molar-refractivity contribution in [1.82, 2.24) is 20.5 Å². The molecule has 2 aliphatic heterocycles. The molecule has 2 aromatic heterocycles. The highest BCUT2D eigenvalue weighted by molar-refractivity contribution is 5.67. The van der Waals surface area contributed by atoms with Crippen molar-refractivity contribution < 1.29 is 14.3 Å². The molecule has 29 heavy (non-hydrogen) atoms. The van der Waals surface area contributed by atoms with Gasteiger partial charge in [-0.1, -0.05) is 6.07 Å². The van der Waals surface area contributed by atoms with Crippen LogP contribution in [0.15, 0.2) is 24.3 Å². The van der Waals surface area contributed by atoms with Gasteiger partial charge in [-0.25, -0.2) is 9.78 Å². The minimum absolute atomic E-state index is 0.0418. The first-order valence-electron chi connectivity index (χ1n) is 10.6. The lowest BCUT2D eigenvalue weighted by Crippen LogP contribution is -2.40. The van der Waals surface area contributed by atoms with Gasteiger partial charge in [0.15, 0.2) is 5.82 Å². The quantitative estimate of drug-likeness (QED) is 0.626. The van der Waals surface area contributed by atoms with E-state index in [4.69, 9.17) is 9.47 Å². The Kier molecular flexibility index (Phi) is 5.10. The van der Waals surface area contributed by atoms with Gasteiger partial charge in [0.05, 0.1) is 18.4 Å². The van der Waals surface area contributed by atoms with Crippen LogP contribution in [0.2, 0.25) is 0 Å². The van der Waals surface area contributed by atoms with Crippen LogP contribution < -0.4 is 10.6 Å². The number of hydrogen-bond acceptors (Lipinski definition) is 6. The fourth-order valence-electron chi connectivity index (χ4n) is 4.63. The van der Waals surface area contributed by atoms with Crippen LogP contribution in [0.1, 0.15) is 62.3 Å². The Morgan fingerprint density at radius 1 is 1.00 bits per heavy atom. The van der Waals surface area contributed by atoms with E-state index in [1.165, 1.54) is 0 Å². The van der Waals surface area contributed by atoms with Crippen molar-refractivity contribution in [1.29, 1.82) is 0 Å². The molecule has 6 rings (SSSR count). The van der Waals surface area contributed by atoms with E-state index in [0.29, 0.717) is 12.5 Å². The van der Waals surface area contributed by atoms with E-state index < -0.39 is 0 Å². The van der Waals surface area contributed by atoms with E-state index >= 15 is 0 Å². The van der Waals surface area contributed by atoms with Gasteiger partial charge in [-0.2, -0.15) is 5.10 Å². The van der Waals surface area contributed by atoms with Gasteiger partial charge >= 0.3 is 6.09 Å². The first-order chi connectivity index (χ1) is 14.2. The lowest BCUT2D eigenvalue weighted by atomic mass is 9.93. The molecule has 4 aliphatic rings. The van der Waals surface area contributed by atoms with Crippen molar-refractivity contribution in [2.75, 3.05) is 5.32 Å². The number of hydrogen-bond donors (Lipinski definition) is 3. The molecule has 8 heteroatoms. The molecule has 0 saturated heterocycles. The first kappa shape index (κ1) is 18.4. The van der Waals surface area contributed by atoms with Crippen molar-refractivity contribution in [3.63, 3.8) is 0 Å². The van der Waals surface area contributed by atoms with Gasteiger partial charge in [-0.15, -0.1) is 0 Å². The predicted molar refractivity (Wildman–Crippen MR) is 107 cm³/mol. The lowest BCUT2D eigenvalue weighted by Gasteiger charge is -2.29. The maximum Gasteiger partial charge on any atom is 0.407 e. The summed E-state index contributed by atoms with van der Waals surface area (Å²) in [5.41, 5.74) is 1.96. The van der Waals surface area contributed by atoms with E-state index in [1.54, 1.807) is 0 Å². The van der Waals surface area contributed by atoms with Crippen molar-refractivity contribution in [3.8, 4) is 0 Å². The van der Waals surface area contributed by atoms with Crippen molar-refractivity contribution in [2.45, 2.75) is 75.7 Å². The summed E-state index contributed by atoms with van der Waals surface area (Å²) < 4.78 is 11.8. The highest BCUT2D eigenvalue weighted by atomic mass is 16.6. The second kappa shape index (κ2) is 8.02. The van der Waals surface area contributed by atoms with Crippen LogP contribution in [0.3, 0.4) is 0 Å². The van der Waals surface area contributed by atoms with Gasteiger partial charge in [-0.3, -0.25) is 5.10 Å². The average molecular weight is 397 g/mol. The molecule has 2 aromatic rings. The number of carbonyl (C=O) groups is 1. The van der Waals surface area contributed by atoms with Crippen LogP contribution >= 0.6 is 0 Å². The molecule has 2 saturated carbocycles. The lowest BCUT2D eigenvalue weighted by molar-refractivity contribution is 0.00895. The average Bonchev–Trinajstić information content (AvgIpc) is 3.37. The van der Waals surface area contributed by atoms with E-state index in [2.05, 4.69) is 25.8 Å². The summed E-state index contributed by atoms with van der Waals surface area (Å²) in [5.74, 6) is 1.82. The van der Waals surface area contributed by atoms with Crippen LogP contribution in [-0.4, -0.2) is 39.5 Å². The molecular weight excluding hydrogens is 370 g/mol. The Morgan fingerprint density at radius 3 is 2.76 bits per heavy atom. The van der Waals surface area contributed by atoms with E-state index in [1.807, 2.05) is 24.3 Å². The zero-order valence-electron chi connectivity index (χ0n) is 16.4. The third-order valence-electron chi connectivity index (χ3n) is 6.22. The standard InChI is InChI=1S/C21H27N5O3/c27-21-23-14-5-8-16(9-6-14)28-12-15-2-1-3-19(22-15)24-20-11-18(25-26-20)13-4-7-17(10-13)29-21/h1-3,11,13-14,16-17H,4-10,12H2,(H,23,27)(H2,22,24,25,26)/t13-,14-,16-,17+/m0/s1. The summed E-state index contributed by atoms with van der Waals surface area (Å²) in [5, 5.41) is 13.8. The first-order valence-corrected chi connectivity index (χ1v) is 10.6. The number of amides is 1. The Balaban J connectivity index is 1.36. The molecule has 2 fully saturated rings. The number of alkyl carbamates (subject to hydrolysis) is 1. The SMILES string of the molecule is O=C1N[C@H]2CC[C@@H](CC2)OCc2cccc(n2)Nc2cc([nH]n2)[C@H]2CC[C@H](C2)O1. The van der Waals surface area contributed by atoms with Gasteiger partial charge in [-0.05, 0) is 57.1 Å². The molecule has 4 heterocycles. The minimum atomic E-state index is -0.287. The number of ether oxygens (including phenoxy) is 2. The molecule has 154 valence electrons. The molecule has 0 spiro atoms. The van der Waals surface area contributed by atoms with Crippen molar-refractivity contribution >= 4 is 17.7 Å². The van der Waals surface area contributed by atoms with Crippen LogP contribution in [0, 0.1) is 0 Å². The number of anilines is 2. The molecule has 0 aromatic carbocycles.